The van der Waals surface area contributed by atoms with Gasteiger partial charge in [-0.3, -0.25) is 38.7 Å². The molecule has 126 heavy (non-hydrogen) atoms. The van der Waals surface area contributed by atoms with Crippen LogP contribution in [0.2, 0.25) is 51.4 Å². The van der Waals surface area contributed by atoms with E-state index in [1.54, 1.807) is 9.80 Å². The third-order valence-corrected chi connectivity index (χ3v) is 31.5. The standard InChI is InChI=1S/C33H47N5O3Si.C27H33N5O2.C26H36N4O2Si.C7H12ClNO.CH2O3.CH4.2Cs.H/c1-6-33(7-2)26-19-27-25(18-28(26)38(32(33)40)21-29(39)36-14-9-8-10-15-36)24-13-11-12-23-20-37(35-30(23)31(24)34-27)22-41-16-17-42(3,4)5;1-3-27(4-2)20-14-21-19(18-10-8-9-17-15-28-30-24(17)25(18)29-21)13-22(20)32(26(27)34)16-23(33)31-11-6-5-7-12-31;1-6-26(7-2)20-14-21-19(13-22(20)28-25(26)31)18-10-8-9-17-15-30(29-23(17)24(18)27-21)16-32-11-12-33(3,4)5;8-6-7(10)9-4-2-1-3-5-9;2-1-4-3;;;;/h18-20,34H,6-17,21-22H2,1-5H3;13-15,29H,3-12,16H2,1-2H3,(H,28,30);13-15,27H,6-12,16H2,1-5H3,(H,28,31);1-6H2;1,3H;1H4;;;/q;;;;;;2*+1;-1/p-1. The third-order valence-electron chi connectivity index (χ3n) is 27.9. The minimum atomic E-state index is -1.13. The average molecular weight is 2020 g/mol. The number of amides is 6. The maximum Gasteiger partial charge on any atom is 1.00 e. The molecule has 672 valence electrons. The van der Waals surface area contributed by atoms with Crippen molar-refractivity contribution < 1.29 is 192 Å². The molecule has 9 aromatic rings. The number of carbonyl (C=O) groups is 7. The van der Waals surface area contributed by atoms with Crippen LogP contribution < -0.4 is 158 Å². The summed E-state index contributed by atoms with van der Waals surface area (Å²) in [4.78, 5) is 110. The van der Waals surface area contributed by atoms with Gasteiger partial charge in [-0.1, -0.05) is 88.3 Å². The number of aromatic amines is 4. The van der Waals surface area contributed by atoms with Gasteiger partial charge in [-0.25, -0.2) is 9.36 Å². The van der Waals surface area contributed by atoms with E-state index in [1.807, 2.05) is 30.3 Å². The monoisotopic (exact) mass is 2020 g/mol. The van der Waals surface area contributed by atoms with E-state index in [0.29, 0.717) is 26.3 Å². The number of nitrogens with zero attached hydrogens (tertiary/aromatic N) is 10. The largest absolute Gasteiger partial charge is 1.00 e. The number of halogens is 1. The van der Waals surface area contributed by atoms with Crippen LogP contribution in [0, 0.1) is 0 Å². The Morgan fingerprint density at radius 2 is 0.873 bits per heavy atom. The zero-order valence-electron chi connectivity index (χ0n) is 77.7. The molecule has 0 atom stereocenters. The molecule has 5 N–H and O–H groups in total. The van der Waals surface area contributed by atoms with Crippen molar-refractivity contribution in [2.75, 3.05) is 86.6 Å². The van der Waals surface area contributed by atoms with Crippen molar-refractivity contribution in [2.45, 2.75) is 284 Å². The Kier molecular flexibility index (Phi) is 35.6. The Morgan fingerprint density at radius 1 is 0.500 bits per heavy atom. The quantitative estimate of drug-likeness (QED) is 0.0105. The molecule has 12 heterocycles. The molecule has 0 bridgehead atoms. The van der Waals surface area contributed by atoms with Crippen LogP contribution in [0.1, 0.15) is 216 Å². The molecule has 3 saturated heterocycles. The van der Waals surface area contributed by atoms with Crippen molar-refractivity contribution in [1.82, 2.24) is 59.4 Å². The van der Waals surface area contributed by atoms with Crippen LogP contribution in [-0.2, 0) is 116 Å². The number of H-pyrrole nitrogens is 4. The van der Waals surface area contributed by atoms with Crippen LogP contribution in [0.3, 0.4) is 0 Å². The van der Waals surface area contributed by atoms with E-state index < -0.39 is 32.4 Å². The fourth-order valence-electron chi connectivity index (χ4n) is 20.4. The Hall–Kier alpha value is -5.09. The fraction of sp³-hybridized carbons (Fsp3) is 0.579. The SMILES string of the molecule is C.CCC1(CC)C(=O)N(CC(=O)N2CCCCC2)c2cc3c4c([nH]c3cc21)-c1[nH]ncc1CCC4.CCC1(CC)C(=O)N(CC(=O)N2CCCCC2)c2cc3c4c([nH]c3cc21)-c1nn(COCC[Si](C)(C)C)cc1CCC4.CCC1(CC)C(=O)Nc2cc3c4c([nH]c3cc21)-c1nn(COCC[Si](C)(C)C)cc1CCC4.O=C(CCl)N1CCCCC1.O=CO[O-].[Cs+].[Cs+].[H-]. The molecule has 18 rings (SSSR count). The van der Waals surface area contributed by atoms with Gasteiger partial charge in [0.25, 0.3) is 6.47 Å². The summed E-state index contributed by atoms with van der Waals surface area (Å²) in [5, 5.41) is 32.5. The number of carbonyl (C=O) groups excluding carboxylic acids is 7. The van der Waals surface area contributed by atoms with Crippen molar-refractivity contribution in [1.29, 1.82) is 0 Å². The summed E-state index contributed by atoms with van der Waals surface area (Å²) >= 11 is 5.39. The number of ether oxygens (including phenoxy) is 2. The van der Waals surface area contributed by atoms with E-state index in [2.05, 4.69) is 165 Å². The zero-order valence-corrected chi connectivity index (χ0v) is 92.0. The number of benzene rings is 3. The first-order valence-electron chi connectivity index (χ1n) is 45.7. The molecule has 6 amide bonds. The molecule has 3 aliphatic carbocycles. The Balaban J connectivity index is 0.000000182. The Bertz CT molecular complexity index is 5360. The summed E-state index contributed by atoms with van der Waals surface area (Å²) in [6.45, 7) is 34.4. The molecule has 0 unspecified atom stereocenters. The number of aromatic nitrogens is 9. The summed E-state index contributed by atoms with van der Waals surface area (Å²) < 4.78 is 15.9. The molecular formula is C95H134ClCs2N15O11Si2. The molecule has 6 aliphatic heterocycles. The smallest absolute Gasteiger partial charge is 1.00 e. The number of rotatable bonds is 22. The molecule has 0 saturated carbocycles. The van der Waals surface area contributed by atoms with E-state index in [-0.39, 0.29) is 208 Å². The Labute approximate surface area is 869 Å². The number of piperidine rings is 3. The van der Waals surface area contributed by atoms with Crippen LogP contribution >= 0.6 is 11.6 Å². The van der Waals surface area contributed by atoms with Gasteiger partial charge in [-0.05, 0) is 253 Å². The van der Waals surface area contributed by atoms with E-state index in [4.69, 9.17) is 41.3 Å². The molecule has 9 aliphatic rings. The maximum absolute atomic E-state index is 14.1. The van der Waals surface area contributed by atoms with Gasteiger partial charge < -0.3 is 65.8 Å². The van der Waals surface area contributed by atoms with Crippen molar-refractivity contribution in [3.8, 4) is 34.2 Å². The summed E-state index contributed by atoms with van der Waals surface area (Å²) in [5.74, 6) is 0.635. The van der Waals surface area contributed by atoms with Gasteiger partial charge in [0, 0.05) is 131 Å². The van der Waals surface area contributed by atoms with Crippen molar-refractivity contribution in [2.24, 2.45) is 0 Å². The minimum absolute atomic E-state index is 0. The van der Waals surface area contributed by atoms with Crippen LogP contribution in [0.25, 0.3) is 66.9 Å². The van der Waals surface area contributed by atoms with Gasteiger partial charge >= 0.3 is 138 Å². The van der Waals surface area contributed by atoms with Gasteiger partial charge in [0.2, 0.25) is 35.4 Å². The van der Waals surface area contributed by atoms with Crippen LogP contribution in [-0.4, -0.2) is 189 Å². The van der Waals surface area contributed by atoms with Crippen molar-refractivity contribution >= 4 is 119 Å². The second-order valence-electron chi connectivity index (χ2n) is 37.6. The molecule has 6 aromatic heterocycles. The molecule has 0 radical (unpaired) electrons. The van der Waals surface area contributed by atoms with Crippen molar-refractivity contribution in [3.05, 3.63) is 105 Å². The topological polar surface area (TPSA) is 310 Å². The fourth-order valence-corrected chi connectivity index (χ4v) is 22.1. The summed E-state index contributed by atoms with van der Waals surface area (Å²) in [5.41, 5.74) is 21.8. The number of alkyl halides is 1. The Morgan fingerprint density at radius 3 is 1.26 bits per heavy atom. The van der Waals surface area contributed by atoms with E-state index in [1.165, 1.54) is 64.1 Å². The van der Waals surface area contributed by atoms with Gasteiger partial charge in [0.15, 0.2) is 0 Å². The first-order chi connectivity index (χ1) is 59.2. The maximum atomic E-state index is 14.1. The van der Waals surface area contributed by atoms with Crippen LogP contribution in [0.5, 0.6) is 0 Å². The number of nitrogens with one attached hydrogen (secondary N) is 5. The zero-order chi connectivity index (χ0) is 87.3. The molecule has 31 heteroatoms. The van der Waals surface area contributed by atoms with Crippen molar-refractivity contribution in [3.63, 3.8) is 0 Å². The molecular weight excluding hydrogens is 1880 g/mol. The predicted molar refractivity (Wildman–Crippen MR) is 496 cm³/mol. The molecule has 26 nitrogen and oxygen atoms in total. The molecule has 3 fully saturated rings. The average Bonchev–Trinajstić information content (AvgIpc) is 1.59. The number of likely N-dealkylation sites (tertiary alicyclic amines) is 3. The van der Waals surface area contributed by atoms with Gasteiger partial charge in [-0.15, -0.1) is 11.6 Å². The summed E-state index contributed by atoms with van der Waals surface area (Å²) in [7, 11) is -2.23. The van der Waals surface area contributed by atoms with Gasteiger partial charge in [-0.2, -0.15) is 15.3 Å². The number of aryl methyl sites for hydroxylation is 6. The molecule has 3 aromatic carbocycles. The minimum Gasteiger partial charge on any atom is -1.00 e. The molecule has 0 spiro atoms. The van der Waals surface area contributed by atoms with E-state index in [0.717, 1.165) is 276 Å². The first-order valence-corrected chi connectivity index (χ1v) is 53.6. The predicted octanol–water partition coefficient (Wildman–Crippen LogP) is 11.0. The summed E-state index contributed by atoms with van der Waals surface area (Å²) in [6.07, 6.45) is 29.9. The normalized spacial score (nSPS) is 17.4. The number of hydrogen-bond donors (Lipinski definition) is 5. The summed E-state index contributed by atoms with van der Waals surface area (Å²) in [6, 6.07) is 15.5. The van der Waals surface area contributed by atoms with Gasteiger partial charge in [0.05, 0.1) is 45.2 Å². The van der Waals surface area contributed by atoms with Crippen LogP contribution in [0.4, 0.5) is 17.1 Å². The van der Waals surface area contributed by atoms with Crippen LogP contribution in [0.15, 0.2) is 55.0 Å². The second kappa shape index (κ2) is 44.2. The van der Waals surface area contributed by atoms with Gasteiger partial charge in [0.1, 0.15) is 43.8 Å². The third kappa shape index (κ3) is 21.1. The second-order valence-corrected chi connectivity index (χ2v) is 49.1. The van der Waals surface area contributed by atoms with E-state index in [9.17, 15) is 28.8 Å². The van der Waals surface area contributed by atoms with E-state index >= 15 is 0 Å². The number of anilines is 3. The number of fused-ring (bicyclic) bond motifs is 18. The number of hydrogen-bond acceptors (Lipinski definition) is 14. The first kappa shape index (κ1) is 101.